The van der Waals surface area contributed by atoms with Gasteiger partial charge in [0.15, 0.2) is 0 Å². The van der Waals surface area contributed by atoms with Gasteiger partial charge in [0.2, 0.25) is 11.8 Å². The highest BCUT2D eigenvalue weighted by Gasteiger charge is 2.32. The Balaban J connectivity index is 1.53. The van der Waals surface area contributed by atoms with Crippen molar-refractivity contribution in [1.29, 1.82) is 0 Å². The van der Waals surface area contributed by atoms with E-state index in [-0.39, 0.29) is 30.9 Å². The van der Waals surface area contributed by atoms with Crippen LogP contribution < -0.4 is 5.32 Å². The lowest BCUT2D eigenvalue weighted by Crippen LogP contribution is -2.42. The molecule has 1 saturated carbocycles. The van der Waals surface area contributed by atoms with E-state index in [2.05, 4.69) is 5.32 Å². The van der Waals surface area contributed by atoms with Crippen molar-refractivity contribution < 1.29 is 22.8 Å². The van der Waals surface area contributed by atoms with Crippen LogP contribution in [-0.4, -0.2) is 47.8 Å². The first-order valence-corrected chi connectivity index (χ1v) is 10.1. The van der Waals surface area contributed by atoms with Gasteiger partial charge in [0.25, 0.3) is 0 Å². The summed E-state index contributed by atoms with van der Waals surface area (Å²) in [6, 6.07) is 12.6. The molecule has 1 N–H and O–H groups in total. The second-order valence-electron chi connectivity index (χ2n) is 7.99. The Morgan fingerprint density at radius 2 is 1.61 bits per heavy atom. The van der Waals surface area contributed by atoms with Gasteiger partial charge in [0.1, 0.15) is 0 Å². The molecule has 0 atom stereocenters. The number of aryl methyl sites for hydroxylation is 1. The van der Waals surface area contributed by atoms with Crippen LogP contribution in [0.4, 0.5) is 18.9 Å². The van der Waals surface area contributed by atoms with Gasteiger partial charge in [-0.2, -0.15) is 13.2 Å². The number of rotatable bonds is 8. The highest BCUT2D eigenvalue weighted by atomic mass is 19.4. The molecule has 166 valence electrons. The average molecular weight is 433 g/mol. The van der Waals surface area contributed by atoms with Crippen molar-refractivity contribution >= 4 is 17.5 Å². The molecule has 31 heavy (non-hydrogen) atoms. The van der Waals surface area contributed by atoms with Gasteiger partial charge in [0.05, 0.1) is 18.7 Å². The van der Waals surface area contributed by atoms with E-state index < -0.39 is 11.7 Å². The SMILES string of the molecule is Cc1ccc(NC(=O)CN(C)C(=O)CN(Cc2ccc(C(F)(F)F)cc2)C2CC2)cc1. The molecule has 0 heterocycles. The molecule has 2 amide bonds. The second kappa shape index (κ2) is 9.51. The van der Waals surface area contributed by atoms with Crippen LogP contribution >= 0.6 is 0 Å². The van der Waals surface area contributed by atoms with Crippen molar-refractivity contribution in [3.63, 3.8) is 0 Å². The number of hydrogen-bond donors (Lipinski definition) is 1. The third-order valence-corrected chi connectivity index (χ3v) is 5.21. The molecule has 2 aromatic carbocycles. The fourth-order valence-corrected chi connectivity index (χ4v) is 3.22. The first kappa shape index (κ1) is 22.8. The van der Waals surface area contributed by atoms with Gasteiger partial charge in [-0.25, -0.2) is 0 Å². The molecular weight excluding hydrogens is 407 g/mol. The summed E-state index contributed by atoms with van der Waals surface area (Å²) in [5, 5.41) is 2.76. The smallest absolute Gasteiger partial charge is 0.335 e. The number of likely N-dealkylation sites (N-methyl/N-ethyl adjacent to an activating group) is 1. The highest BCUT2D eigenvalue weighted by molar-refractivity contribution is 5.94. The predicted molar refractivity (Wildman–Crippen MR) is 112 cm³/mol. The third kappa shape index (κ3) is 6.82. The molecule has 5 nitrogen and oxygen atoms in total. The monoisotopic (exact) mass is 433 g/mol. The highest BCUT2D eigenvalue weighted by Crippen LogP contribution is 2.31. The lowest BCUT2D eigenvalue weighted by atomic mass is 10.1. The Labute approximate surface area is 179 Å². The summed E-state index contributed by atoms with van der Waals surface area (Å²) >= 11 is 0. The van der Waals surface area contributed by atoms with E-state index in [0.29, 0.717) is 17.8 Å². The first-order chi connectivity index (χ1) is 14.6. The number of alkyl halides is 3. The summed E-state index contributed by atoms with van der Waals surface area (Å²) in [5.41, 5.74) is 1.77. The van der Waals surface area contributed by atoms with Crippen LogP contribution in [0.1, 0.15) is 29.5 Å². The second-order valence-corrected chi connectivity index (χ2v) is 7.99. The van der Waals surface area contributed by atoms with Gasteiger partial charge in [-0.3, -0.25) is 14.5 Å². The van der Waals surface area contributed by atoms with Crippen LogP contribution in [0.25, 0.3) is 0 Å². The van der Waals surface area contributed by atoms with Crippen LogP contribution in [0.2, 0.25) is 0 Å². The number of nitrogens with one attached hydrogen (secondary N) is 1. The zero-order valence-electron chi connectivity index (χ0n) is 17.6. The Morgan fingerprint density at radius 3 is 2.16 bits per heavy atom. The molecule has 8 heteroatoms. The molecule has 1 aliphatic rings. The van der Waals surface area contributed by atoms with Crippen molar-refractivity contribution in [3.05, 3.63) is 65.2 Å². The summed E-state index contributed by atoms with van der Waals surface area (Å²) in [7, 11) is 1.57. The Kier molecular flexibility index (Phi) is 7.00. The van der Waals surface area contributed by atoms with Crippen molar-refractivity contribution in [2.45, 2.75) is 38.5 Å². The molecule has 0 unspecified atom stereocenters. The number of benzene rings is 2. The fraction of sp³-hybridized carbons (Fsp3) is 0.391. The molecule has 0 aromatic heterocycles. The zero-order chi connectivity index (χ0) is 22.6. The Bertz CT molecular complexity index is 907. The van der Waals surface area contributed by atoms with Crippen molar-refractivity contribution in [3.8, 4) is 0 Å². The molecule has 1 fully saturated rings. The number of carbonyl (C=O) groups is 2. The summed E-state index contributed by atoms with van der Waals surface area (Å²) in [6.07, 6.45) is -2.47. The fourth-order valence-electron chi connectivity index (χ4n) is 3.22. The summed E-state index contributed by atoms with van der Waals surface area (Å²) < 4.78 is 38.2. The van der Waals surface area contributed by atoms with Crippen molar-refractivity contribution in [1.82, 2.24) is 9.80 Å². The van der Waals surface area contributed by atoms with Gasteiger partial charge >= 0.3 is 6.18 Å². The van der Waals surface area contributed by atoms with Gasteiger partial charge < -0.3 is 10.2 Å². The van der Waals surface area contributed by atoms with E-state index in [9.17, 15) is 22.8 Å². The van der Waals surface area contributed by atoms with E-state index >= 15 is 0 Å². The average Bonchev–Trinajstić information content (AvgIpc) is 3.54. The number of nitrogens with zero attached hydrogens (tertiary/aromatic N) is 2. The zero-order valence-corrected chi connectivity index (χ0v) is 17.6. The van der Waals surface area contributed by atoms with Crippen LogP contribution in [0.15, 0.2) is 48.5 Å². The molecule has 0 aliphatic heterocycles. The molecule has 0 bridgehead atoms. The largest absolute Gasteiger partial charge is 0.416 e. The maximum absolute atomic E-state index is 12.7. The maximum Gasteiger partial charge on any atom is 0.416 e. The van der Waals surface area contributed by atoms with E-state index in [0.717, 1.165) is 30.5 Å². The molecule has 2 aromatic rings. The maximum atomic E-state index is 12.7. The normalized spacial score (nSPS) is 13.9. The summed E-state index contributed by atoms with van der Waals surface area (Å²) in [6.45, 7) is 2.37. The number of carbonyl (C=O) groups excluding carboxylic acids is 2. The number of amides is 2. The molecule has 1 aliphatic carbocycles. The van der Waals surface area contributed by atoms with E-state index in [1.165, 1.54) is 17.0 Å². The number of anilines is 1. The minimum atomic E-state index is -4.37. The number of hydrogen-bond acceptors (Lipinski definition) is 3. The van der Waals surface area contributed by atoms with Crippen LogP contribution in [0.3, 0.4) is 0 Å². The lowest BCUT2D eigenvalue weighted by molar-refractivity contribution is -0.137. The number of halogens is 3. The molecule has 0 spiro atoms. The van der Waals surface area contributed by atoms with E-state index in [1.807, 2.05) is 24.0 Å². The molecule has 3 rings (SSSR count). The first-order valence-electron chi connectivity index (χ1n) is 10.1. The van der Waals surface area contributed by atoms with Gasteiger partial charge in [-0.1, -0.05) is 29.8 Å². The summed E-state index contributed by atoms with van der Waals surface area (Å²) in [5.74, 6) is -0.502. The lowest BCUT2D eigenvalue weighted by Gasteiger charge is -2.25. The Hall–Kier alpha value is -2.87. The van der Waals surface area contributed by atoms with Crippen molar-refractivity contribution in [2.24, 2.45) is 0 Å². The van der Waals surface area contributed by atoms with Gasteiger partial charge in [0, 0.05) is 25.3 Å². The minimum Gasteiger partial charge on any atom is -0.335 e. The van der Waals surface area contributed by atoms with Gasteiger partial charge in [-0.05, 0) is 49.6 Å². The molecule has 0 radical (unpaired) electrons. The predicted octanol–water partition coefficient (Wildman–Crippen LogP) is 4.08. The van der Waals surface area contributed by atoms with Crippen molar-refractivity contribution in [2.75, 3.05) is 25.5 Å². The van der Waals surface area contributed by atoms with Crippen LogP contribution in [-0.2, 0) is 22.3 Å². The van der Waals surface area contributed by atoms with E-state index in [4.69, 9.17) is 0 Å². The third-order valence-electron chi connectivity index (χ3n) is 5.21. The summed E-state index contributed by atoms with van der Waals surface area (Å²) in [4.78, 5) is 28.2. The minimum absolute atomic E-state index is 0.0779. The van der Waals surface area contributed by atoms with Crippen LogP contribution in [0.5, 0.6) is 0 Å². The van der Waals surface area contributed by atoms with E-state index in [1.54, 1.807) is 19.2 Å². The van der Waals surface area contributed by atoms with Crippen LogP contribution in [0, 0.1) is 6.92 Å². The standard InChI is InChI=1S/C23H26F3N3O2/c1-16-3-9-19(10-4-16)27-21(30)14-28(2)22(31)15-29(20-11-12-20)13-17-5-7-18(8-6-17)23(24,25)26/h3-10,20H,11-15H2,1-2H3,(H,27,30). The quantitative estimate of drug-likeness (QED) is 0.683. The molecule has 0 saturated heterocycles. The molecular formula is C23H26F3N3O2. The Morgan fingerprint density at radius 1 is 1.00 bits per heavy atom. The topological polar surface area (TPSA) is 52.7 Å². The van der Waals surface area contributed by atoms with Gasteiger partial charge in [-0.15, -0.1) is 0 Å².